The minimum atomic E-state index is -0.208. The van der Waals surface area contributed by atoms with Crippen LogP contribution >= 0.6 is 0 Å². The first-order valence-electron chi connectivity index (χ1n) is 8.28. The Kier molecular flexibility index (Phi) is 4.51. The summed E-state index contributed by atoms with van der Waals surface area (Å²) in [4.78, 5) is 13.7. The topological polar surface area (TPSA) is 84.7 Å². The molecule has 1 atom stereocenters. The number of amides is 2. The Morgan fingerprint density at radius 1 is 1.38 bits per heavy atom. The molecule has 24 heavy (non-hydrogen) atoms. The smallest absolute Gasteiger partial charge is 0.315 e. The Balaban J connectivity index is 1.68. The molecule has 0 aliphatic heterocycles. The molecule has 0 saturated carbocycles. The Hall–Kier alpha value is -2.44. The van der Waals surface area contributed by atoms with E-state index in [2.05, 4.69) is 58.1 Å². The number of fused-ring (bicyclic) bond motifs is 1. The van der Waals surface area contributed by atoms with Crippen molar-refractivity contribution < 1.29 is 4.79 Å². The van der Waals surface area contributed by atoms with Crippen molar-refractivity contribution in [2.45, 2.75) is 45.7 Å². The zero-order valence-electron chi connectivity index (χ0n) is 14.4. The van der Waals surface area contributed by atoms with Crippen molar-refractivity contribution in [2.24, 2.45) is 12.5 Å². The predicted octanol–water partition coefficient (Wildman–Crippen LogP) is 2.11. The maximum absolute atomic E-state index is 12.3. The maximum atomic E-state index is 12.3. The summed E-state index contributed by atoms with van der Waals surface area (Å²) in [6.07, 6.45) is 3.08. The van der Waals surface area contributed by atoms with Gasteiger partial charge in [-0.25, -0.2) is 4.79 Å². The first-order chi connectivity index (χ1) is 11.4. The minimum Gasteiger partial charge on any atom is -0.331 e. The fourth-order valence-electron chi connectivity index (χ4n) is 3.23. The molecule has 2 aromatic rings. The third-order valence-electron chi connectivity index (χ3n) is 4.52. The van der Waals surface area contributed by atoms with E-state index in [4.69, 9.17) is 0 Å². The normalized spacial score (nSPS) is 19.2. The molecular formula is C17H24N6O. The highest BCUT2D eigenvalue weighted by Gasteiger charge is 2.30. The van der Waals surface area contributed by atoms with Crippen molar-refractivity contribution in [2.75, 3.05) is 0 Å². The van der Waals surface area contributed by atoms with Crippen LogP contribution in [0.1, 0.15) is 49.7 Å². The largest absolute Gasteiger partial charge is 0.331 e. The van der Waals surface area contributed by atoms with Crippen molar-refractivity contribution >= 4 is 6.03 Å². The number of nitrogens with zero attached hydrogens (tertiary/aromatic N) is 4. The highest BCUT2D eigenvalue weighted by Crippen LogP contribution is 2.39. The highest BCUT2D eigenvalue weighted by atomic mass is 16.2. The molecule has 1 aromatic heterocycles. The molecule has 1 unspecified atom stereocenters. The third kappa shape index (κ3) is 3.90. The zero-order chi connectivity index (χ0) is 17.2. The second-order valence-electron chi connectivity index (χ2n) is 7.14. The fraction of sp³-hybridized carbons (Fsp3) is 0.529. The van der Waals surface area contributed by atoms with Crippen molar-refractivity contribution in [3.8, 4) is 0 Å². The highest BCUT2D eigenvalue weighted by molar-refractivity contribution is 5.74. The average Bonchev–Trinajstić information content (AvgIpc) is 2.90. The van der Waals surface area contributed by atoms with Crippen LogP contribution in [-0.2, 0) is 20.0 Å². The van der Waals surface area contributed by atoms with E-state index in [9.17, 15) is 4.79 Å². The SMILES string of the molecule is Cn1nnc(CNC(=O)NC2CC(C)(C)CCc3ccccc32)n1. The number of rotatable bonds is 3. The van der Waals surface area contributed by atoms with Crippen LogP contribution in [0.25, 0.3) is 0 Å². The lowest BCUT2D eigenvalue weighted by Crippen LogP contribution is -2.39. The molecule has 1 aliphatic carbocycles. The van der Waals surface area contributed by atoms with E-state index in [1.165, 1.54) is 15.9 Å². The fourth-order valence-corrected chi connectivity index (χ4v) is 3.23. The van der Waals surface area contributed by atoms with Gasteiger partial charge < -0.3 is 10.6 Å². The number of urea groups is 1. The van der Waals surface area contributed by atoms with Gasteiger partial charge in [-0.1, -0.05) is 38.1 Å². The molecule has 1 aliphatic rings. The van der Waals surface area contributed by atoms with Crippen LogP contribution in [0.15, 0.2) is 24.3 Å². The molecule has 0 spiro atoms. The van der Waals surface area contributed by atoms with Crippen molar-refractivity contribution in [1.82, 2.24) is 30.8 Å². The molecule has 1 heterocycles. The van der Waals surface area contributed by atoms with Crippen LogP contribution in [-0.4, -0.2) is 26.2 Å². The first kappa shape index (κ1) is 16.4. The number of aryl methyl sites for hydroxylation is 2. The number of nitrogens with one attached hydrogen (secondary N) is 2. The molecule has 7 heteroatoms. The van der Waals surface area contributed by atoms with Crippen LogP contribution < -0.4 is 10.6 Å². The molecule has 1 aromatic carbocycles. The van der Waals surface area contributed by atoms with Gasteiger partial charge in [-0.3, -0.25) is 0 Å². The molecule has 0 radical (unpaired) electrons. The summed E-state index contributed by atoms with van der Waals surface area (Å²) in [6.45, 7) is 4.78. The molecule has 0 saturated heterocycles. The van der Waals surface area contributed by atoms with Crippen LogP contribution in [0.2, 0.25) is 0 Å². The molecule has 3 rings (SSSR count). The van der Waals surface area contributed by atoms with Gasteiger partial charge in [0.15, 0.2) is 5.82 Å². The summed E-state index contributed by atoms with van der Waals surface area (Å²) in [5.74, 6) is 0.495. The quantitative estimate of drug-likeness (QED) is 0.845. The van der Waals surface area contributed by atoms with E-state index in [0.717, 1.165) is 19.3 Å². The number of benzene rings is 1. The van der Waals surface area contributed by atoms with Crippen molar-refractivity contribution in [1.29, 1.82) is 0 Å². The summed E-state index contributed by atoms with van der Waals surface area (Å²) in [5.41, 5.74) is 2.73. The van der Waals surface area contributed by atoms with Gasteiger partial charge in [0.05, 0.1) is 19.6 Å². The van der Waals surface area contributed by atoms with Gasteiger partial charge in [0.1, 0.15) is 0 Å². The van der Waals surface area contributed by atoms with Gasteiger partial charge >= 0.3 is 6.03 Å². The third-order valence-corrected chi connectivity index (χ3v) is 4.52. The number of hydrogen-bond acceptors (Lipinski definition) is 4. The second-order valence-corrected chi connectivity index (χ2v) is 7.14. The molecule has 0 fully saturated rings. The molecule has 2 N–H and O–H groups in total. The number of carbonyl (C=O) groups excluding carboxylic acids is 1. The van der Waals surface area contributed by atoms with E-state index in [1.54, 1.807) is 7.05 Å². The Morgan fingerprint density at radius 3 is 2.92 bits per heavy atom. The minimum absolute atomic E-state index is 0.00789. The van der Waals surface area contributed by atoms with Gasteiger partial charge in [0.2, 0.25) is 0 Å². The van der Waals surface area contributed by atoms with Gasteiger partial charge in [-0.2, -0.15) is 4.80 Å². The number of hydrogen-bond donors (Lipinski definition) is 2. The van der Waals surface area contributed by atoms with Crippen LogP contribution in [0, 0.1) is 5.41 Å². The Morgan fingerprint density at radius 2 is 2.17 bits per heavy atom. The number of carbonyl (C=O) groups is 1. The second kappa shape index (κ2) is 6.59. The summed E-state index contributed by atoms with van der Waals surface area (Å²) in [6, 6.07) is 8.17. The van der Waals surface area contributed by atoms with Gasteiger partial charge in [0.25, 0.3) is 0 Å². The van der Waals surface area contributed by atoms with E-state index in [-0.39, 0.29) is 24.0 Å². The monoisotopic (exact) mass is 328 g/mol. The lowest BCUT2D eigenvalue weighted by Gasteiger charge is -2.27. The van der Waals surface area contributed by atoms with Gasteiger partial charge in [-0.05, 0) is 41.0 Å². The molecule has 7 nitrogen and oxygen atoms in total. The van der Waals surface area contributed by atoms with Gasteiger partial charge in [0, 0.05) is 0 Å². The Bertz CT molecular complexity index is 723. The maximum Gasteiger partial charge on any atom is 0.315 e. The van der Waals surface area contributed by atoms with E-state index >= 15 is 0 Å². The van der Waals surface area contributed by atoms with E-state index in [0.29, 0.717) is 5.82 Å². The van der Waals surface area contributed by atoms with E-state index in [1.807, 2.05) is 6.07 Å². The Labute approximate surface area is 141 Å². The number of tetrazole rings is 1. The van der Waals surface area contributed by atoms with Crippen LogP contribution in [0.4, 0.5) is 4.79 Å². The first-order valence-corrected chi connectivity index (χ1v) is 8.28. The lowest BCUT2D eigenvalue weighted by atomic mass is 9.83. The van der Waals surface area contributed by atoms with Gasteiger partial charge in [-0.15, -0.1) is 10.2 Å². The average molecular weight is 328 g/mol. The molecule has 0 bridgehead atoms. The van der Waals surface area contributed by atoms with Crippen LogP contribution in [0.5, 0.6) is 0 Å². The summed E-state index contributed by atoms with van der Waals surface area (Å²) < 4.78 is 0. The summed E-state index contributed by atoms with van der Waals surface area (Å²) >= 11 is 0. The molecular weight excluding hydrogens is 304 g/mol. The standard InChI is InChI=1S/C17H24N6O/c1-17(2)9-8-12-6-4-5-7-13(12)14(10-17)19-16(24)18-11-15-20-22-23(3)21-15/h4-7,14H,8-11H2,1-3H3,(H2,18,19,24). The molecule has 128 valence electrons. The van der Waals surface area contributed by atoms with Crippen molar-refractivity contribution in [3.63, 3.8) is 0 Å². The summed E-state index contributed by atoms with van der Waals surface area (Å²) in [7, 11) is 1.70. The van der Waals surface area contributed by atoms with E-state index < -0.39 is 0 Å². The zero-order valence-corrected chi connectivity index (χ0v) is 14.4. The molecule has 2 amide bonds. The van der Waals surface area contributed by atoms with Crippen molar-refractivity contribution in [3.05, 3.63) is 41.2 Å². The predicted molar refractivity (Wildman–Crippen MR) is 90.1 cm³/mol. The van der Waals surface area contributed by atoms with Crippen LogP contribution in [0.3, 0.4) is 0 Å². The number of aromatic nitrogens is 4. The summed E-state index contributed by atoms with van der Waals surface area (Å²) in [5, 5.41) is 17.6. The lowest BCUT2D eigenvalue weighted by molar-refractivity contribution is 0.226.